The Balaban J connectivity index is 1.78. The number of halogens is 1. The van der Waals surface area contributed by atoms with Crippen molar-refractivity contribution in [3.63, 3.8) is 0 Å². The van der Waals surface area contributed by atoms with E-state index in [1.165, 1.54) is 0 Å². The lowest BCUT2D eigenvalue weighted by Gasteiger charge is -2.14. The quantitative estimate of drug-likeness (QED) is 0.782. The molecule has 0 aliphatic rings. The van der Waals surface area contributed by atoms with E-state index in [4.69, 9.17) is 11.6 Å². The Morgan fingerprint density at radius 3 is 2.23 bits per heavy atom. The van der Waals surface area contributed by atoms with Gasteiger partial charge in [-0.3, -0.25) is 9.59 Å². The van der Waals surface area contributed by atoms with E-state index >= 15 is 0 Å². The van der Waals surface area contributed by atoms with Crippen LogP contribution in [-0.2, 0) is 16.0 Å². The van der Waals surface area contributed by atoms with E-state index in [1.807, 2.05) is 62.3 Å². The van der Waals surface area contributed by atoms with Gasteiger partial charge in [0.05, 0.1) is 6.54 Å². The van der Waals surface area contributed by atoms with E-state index in [0.29, 0.717) is 17.1 Å². The number of nitrogens with one attached hydrogen (secondary N) is 2. The molecule has 0 heterocycles. The number of benzene rings is 2. The Kier molecular flexibility index (Phi) is 7.04. The first kappa shape index (κ1) is 19.8. The number of nitrogens with zero attached hydrogens (tertiary/aromatic N) is 1. The molecule has 0 saturated carbocycles. The molecular formula is C20H24ClN3O2. The highest BCUT2D eigenvalue weighted by Gasteiger charge is 2.14. The summed E-state index contributed by atoms with van der Waals surface area (Å²) in [5, 5.41) is 6.12. The molecular weight excluding hydrogens is 350 g/mol. The highest BCUT2D eigenvalue weighted by atomic mass is 35.5. The van der Waals surface area contributed by atoms with E-state index in [0.717, 1.165) is 11.3 Å². The summed E-state index contributed by atoms with van der Waals surface area (Å²) in [5.74, 6) is -0.643. The van der Waals surface area contributed by atoms with Gasteiger partial charge in [-0.15, -0.1) is 0 Å². The van der Waals surface area contributed by atoms with E-state index < -0.39 is 0 Å². The van der Waals surface area contributed by atoms with Gasteiger partial charge in [-0.05, 0) is 48.4 Å². The van der Waals surface area contributed by atoms with Crippen molar-refractivity contribution in [2.24, 2.45) is 5.92 Å². The molecule has 6 heteroatoms. The summed E-state index contributed by atoms with van der Waals surface area (Å²) in [7, 11) is 3.91. The van der Waals surface area contributed by atoms with Crippen LogP contribution in [-0.4, -0.2) is 32.5 Å². The van der Waals surface area contributed by atoms with E-state index in [9.17, 15) is 9.59 Å². The molecule has 138 valence electrons. The maximum atomic E-state index is 12.2. The van der Waals surface area contributed by atoms with E-state index in [2.05, 4.69) is 10.6 Å². The highest BCUT2D eigenvalue weighted by molar-refractivity contribution is 6.30. The van der Waals surface area contributed by atoms with Crippen LogP contribution in [0.4, 0.5) is 11.4 Å². The second-order valence-corrected chi connectivity index (χ2v) is 6.88. The summed E-state index contributed by atoms with van der Waals surface area (Å²) in [6.45, 7) is 1.78. The smallest absolute Gasteiger partial charge is 0.243 e. The zero-order chi connectivity index (χ0) is 19.1. The molecule has 0 bridgehead atoms. The Morgan fingerprint density at radius 2 is 1.65 bits per heavy atom. The Morgan fingerprint density at radius 1 is 1.04 bits per heavy atom. The first-order chi connectivity index (χ1) is 12.3. The van der Waals surface area contributed by atoms with Crippen molar-refractivity contribution in [1.29, 1.82) is 0 Å². The third-order valence-electron chi connectivity index (χ3n) is 3.99. The SMILES string of the molecule is CC(Cc1ccc(Cl)cc1)C(=O)NCC(=O)Nc1ccc(N(C)C)cc1. The van der Waals surface area contributed by atoms with Gasteiger partial charge in [-0.1, -0.05) is 30.7 Å². The summed E-state index contributed by atoms with van der Waals surface area (Å²) < 4.78 is 0. The number of hydrogen-bond acceptors (Lipinski definition) is 3. The van der Waals surface area contributed by atoms with Crippen molar-refractivity contribution in [3.05, 3.63) is 59.1 Å². The zero-order valence-corrected chi connectivity index (χ0v) is 16.0. The van der Waals surface area contributed by atoms with Gasteiger partial charge in [-0.25, -0.2) is 0 Å². The molecule has 1 unspecified atom stereocenters. The van der Waals surface area contributed by atoms with Gasteiger partial charge in [0.25, 0.3) is 0 Å². The van der Waals surface area contributed by atoms with E-state index in [1.54, 1.807) is 12.1 Å². The van der Waals surface area contributed by atoms with Gasteiger partial charge in [-0.2, -0.15) is 0 Å². The maximum absolute atomic E-state index is 12.2. The summed E-state index contributed by atoms with van der Waals surface area (Å²) in [4.78, 5) is 26.2. The van der Waals surface area contributed by atoms with Crippen molar-refractivity contribution in [3.8, 4) is 0 Å². The molecule has 0 spiro atoms. The topological polar surface area (TPSA) is 61.4 Å². The molecule has 0 saturated heterocycles. The van der Waals surface area contributed by atoms with Crippen LogP contribution in [0.1, 0.15) is 12.5 Å². The Labute approximate surface area is 159 Å². The van der Waals surface area contributed by atoms with Gasteiger partial charge in [0, 0.05) is 36.4 Å². The number of carbonyl (C=O) groups is 2. The van der Waals surface area contributed by atoms with Crippen LogP contribution < -0.4 is 15.5 Å². The average molecular weight is 374 g/mol. The highest BCUT2D eigenvalue weighted by Crippen LogP contribution is 2.16. The fourth-order valence-electron chi connectivity index (χ4n) is 2.46. The largest absolute Gasteiger partial charge is 0.378 e. The molecule has 2 N–H and O–H groups in total. The van der Waals surface area contributed by atoms with Crippen LogP contribution in [0.25, 0.3) is 0 Å². The fraction of sp³-hybridized carbons (Fsp3) is 0.300. The van der Waals surface area contributed by atoms with Gasteiger partial charge in [0.2, 0.25) is 11.8 Å². The van der Waals surface area contributed by atoms with Crippen molar-refractivity contribution < 1.29 is 9.59 Å². The molecule has 0 aliphatic carbocycles. The average Bonchev–Trinajstić information content (AvgIpc) is 2.62. The summed E-state index contributed by atoms with van der Waals surface area (Å²) in [6, 6.07) is 14.9. The third kappa shape index (κ3) is 6.08. The van der Waals surface area contributed by atoms with Gasteiger partial charge in [0.15, 0.2) is 0 Å². The van der Waals surface area contributed by atoms with Crippen LogP contribution in [0.5, 0.6) is 0 Å². The lowest BCUT2D eigenvalue weighted by atomic mass is 10.0. The van der Waals surface area contributed by atoms with Crippen LogP contribution in [0, 0.1) is 5.92 Å². The molecule has 0 radical (unpaired) electrons. The van der Waals surface area contributed by atoms with Crippen LogP contribution in [0.2, 0.25) is 5.02 Å². The molecule has 2 aromatic rings. The fourth-order valence-corrected chi connectivity index (χ4v) is 2.58. The monoisotopic (exact) mass is 373 g/mol. The maximum Gasteiger partial charge on any atom is 0.243 e. The second-order valence-electron chi connectivity index (χ2n) is 6.44. The van der Waals surface area contributed by atoms with Crippen LogP contribution >= 0.6 is 11.6 Å². The van der Waals surface area contributed by atoms with Crippen molar-refractivity contribution >= 4 is 34.8 Å². The zero-order valence-electron chi connectivity index (χ0n) is 15.3. The van der Waals surface area contributed by atoms with Gasteiger partial charge in [0.1, 0.15) is 0 Å². The molecule has 2 rings (SSSR count). The standard InChI is InChI=1S/C20H24ClN3O2/c1-14(12-15-4-6-16(21)7-5-15)20(26)22-13-19(25)23-17-8-10-18(11-9-17)24(2)3/h4-11,14H,12-13H2,1-3H3,(H,22,26)(H,23,25). The first-order valence-corrected chi connectivity index (χ1v) is 8.82. The number of amides is 2. The molecule has 2 amide bonds. The first-order valence-electron chi connectivity index (χ1n) is 8.44. The van der Waals surface area contributed by atoms with Crippen molar-refractivity contribution in [2.75, 3.05) is 30.9 Å². The minimum absolute atomic E-state index is 0.0563. The number of anilines is 2. The summed E-state index contributed by atoms with van der Waals surface area (Å²) >= 11 is 5.86. The summed E-state index contributed by atoms with van der Waals surface area (Å²) in [5.41, 5.74) is 2.78. The van der Waals surface area contributed by atoms with Gasteiger partial charge < -0.3 is 15.5 Å². The molecule has 26 heavy (non-hydrogen) atoms. The minimum atomic E-state index is -0.255. The van der Waals surface area contributed by atoms with Crippen LogP contribution in [0.3, 0.4) is 0 Å². The third-order valence-corrected chi connectivity index (χ3v) is 4.25. The van der Waals surface area contributed by atoms with Crippen molar-refractivity contribution in [2.45, 2.75) is 13.3 Å². The normalized spacial score (nSPS) is 11.5. The predicted molar refractivity (Wildman–Crippen MR) is 107 cm³/mol. The Hall–Kier alpha value is -2.53. The molecule has 0 fully saturated rings. The number of carbonyl (C=O) groups excluding carboxylic acids is 2. The molecule has 0 aromatic heterocycles. The second kappa shape index (κ2) is 9.25. The lowest BCUT2D eigenvalue weighted by molar-refractivity contribution is -0.126. The van der Waals surface area contributed by atoms with Crippen molar-refractivity contribution in [1.82, 2.24) is 5.32 Å². The van der Waals surface area contributed by atoms with Gasteiger partial charge >= 0.3 is 0 Å². The number of hydrogen-bond donors (Lipinski definition) is 2. The molecule has 0 aliphatic heterocycles. The predicted octanol–water partition coefficient (Wildman–Crippen LogP) is 3.34. The summed E-state index contributed by atoms with van der Waals surface area (Å²) in [6.07, 6.45) is 0.594. The molecule has 1 atom stereocenters. The Bertz CT molecular complexity index is 743. The van der Waals surface area contributed by atoms with Crippen LogP contribution in [0.15, 0.2) is 48.5 Å². The van der Waals surface area contributed by atoms with E-state index in [-0.39, 0.29) is 24.3 Å². The molecule has 2 aromatic carbocycles. The lowest BCUT2D eigenvalue weighted by Crippen LogP contribution is -2.36. The molecule has 5 nitrogen and oxygen atoms in total. The minimum Gasteiger partial charge on any atom is -0.378 e. The number of rotatable bonds is 7.